The number of benzene rings is 2. The number of likely N-dealkylation sites (tertiary alicyclic amines) is 1. The van der Waals surface area contributed by atoms with Crippen LogP contribution in [0.25, 0.3) is 5.76 Å². The van der Waals surface area contributed by atoms with Crippen molar-refractivity contribution in [2.24, 2.45) is 0 Å². The molecule has 2 aliphatic heterocycles. The Morgan fingerprint density at radius 1 is 1.18 bits per heavy atom. The Bertz CT molecular complexity index is 1290. The zero-order valence-corrected chi connectivity index (χ0v) is 20.3. The van der Waals surface area contributed by atoms with Gasteiger partial charge in [0.25, 0.3) is 11.7 Å². The van der Waals surface area contributed by atoms with Crippen LogP contribution in [0.4, 0.5) is 0 Å². The lowest BCUT2D eigenvalue weighted by atomic mass is 9.96. The molecule has 5 rings (SSSR count). The number of halogens is 1. The smallest absolute Gasteiger partial charge is 0.295 e. The van der Waals surface area contributed by atoms with E-state index in [0.29, 0.717) is 30.2 Å². The highest BCUT2D eigenvalue weighted by atomic mass is 35.5. The number of aliphatic hydroxyl groups excluding tert-OH is 1. The third-order valence-corrected chi connectivity index (χ3v) is 7.75. The van der Waals surface area contributed by atoms with E-state index >= 15 is 0 Å². The first-order chi connectivity index (χ1) is 16.4. The van der Waals surface area contributed by atoms with Crippen molar-refractivity contribution in [3.8, 4) is 5.75 Å². The van der Waals surface area contributed by atoms with Gasteiger partial charge in [-0.25, -0.2) is 0 Å². The van der Waals surface area contributed by atoms with Gasteiger partial charge in [0.2, 0.25) is 0 Å². The van der Waals surface area contributed by atoms with Crippen molar-refractivity contribution in [1.29, 1.82) is 0 Å². The second-order valence-electron chi connectivity index (χ2n) is 8.61. The quantitative estimate of drug-likeness (QED) is 0.281. The van der Waals surface area contributed by atoms with Gasteiger partial charge in [0.05, 0.1) is 18.2 Å². The van der Waals surface area contributed by atoms with E-state index in [1.54, 1.807) is 11.0 Å². The zero-order valence-electron chi connectivity index (χ0n) is 18.7. The molecule has 2 aliphatic rings. The highest BCUT2D eigenvalue weighted by Gasteiger charge is 2.46. The lowest BCUT2D eigenvalue weighted by Gasteiger charge is -2.25. The molecule has 0 radical (unpaired) electrons. The summed E-state index contributed by atoms with van der Waals surface area (Å²) in [4.78, 5) is 28.9. The lowest BCUT2D eigenvalue weighted by molar-refractivity contribution is -0.139. The Labute approximate surface area is 207 Å². The molecule has 1 atom stereocenters. The van der Waals surface area contributed by atoms with Gasteiger partial charge in [-0.1, -0.05) is 23.7 Å². The molecule has 1 saturated heterocycles. The molecular formula is C27H24ClNO4S. The number of hydrogen-bond acceptors (Lipinski definition) is 5. The highest BCUT2D eigenvalue weighted by molar-refractivity contribution is 7.10. The van der Waals surface area contributed by atoms with E-state index in [1.165, 1.54) is 11.3 Å². The monoisotopic (exact) mass is 493 g/mol. The summed E-state index contributed by atoms with van der Waals surface area (Å²) in [5.74, 6) is -0.578. The largest absolute Gasteiger partial charge is 0.507 e. The van der Waals surface area contributed by atoms with Gasteiger partial charge in [0, 0.05) is 22.0 Å². The van der Waals surface area contributed by atoms with Gasteiger partial charge < -0.3 is 14.7 Å². The first kappa shape index (κ1) is 22.7. The third-order valence-electron chi connectivity index (χ3n) is 6.43. The van der Waals surface area contributed by atoms with Crippen molar-refractivity contribution in [2.45, 2.75) is 32.2 Å². The molecule has 0 spiro atoms. The van der Waals surface area contributed by atoms with Gasteiger partial charge in [0.1, 0.15) is 11.5 Å². The summed E-state index contributed by atoms with van der Waals surface area (Å²) >= 11 is 7.48. The predicted octanol–water partition coefficient (Wildman–Crippen LogP) is 5.70. The Balaban J connectivity index is 1.55. The van der Waals surface area contributed by atoms with Gasteiger partial charge in [0.15, 0.2) is 0 Å². The summed E-state index contributed by atoms with van der Waals surface area (Å²) in [6, 6.07) is 14.2. The molecule has 3 aromatic rings. The second-order valence-corrected chi connectivity index (χ2v) is 10.00. The average Bonchev–Trinajstić information content (AvgIpc) is 3.38. The van der Waals surface area contributed by atoms with Crippen molar-refractivity contribution in [3.05, 3.63) is 91.6 Å². The number of fused-ring (bicyclic) bond motifs is 1. The van der Waals surface area contributed by atoms with Crippen LogP contribution in [0.2, 0.25) is 5.02 Å². The molecule has 5 nitrogen and oxygen atoms in total. The molecule has 0 saturated carbocycles. The van der Waals surface area contributed by atoms with Crippen LogP contribution in [-0.4, -0.2) is 34.8 Å². The Kier molecular flexibility index (Phi) is 6.19. The SMILES string of the molecule is Cc1ccsc1C1/C(=C(/O)c2ccc3c(c2)CCCO3)C(=O)C(=O)N1CCc1ccc(Cl)cc1. The fraction of sp³-hybridized carbons (Fsp3) is 0.259. The maximum atomic E-state index is 13.2. The Morgan fingerprint density at radius 2 is 1.97 bits per heavy atom. The van der Waals surface area contributed by atoms with Crippen molar-refractivity contribution in [2.75, 3.05) is 13.2 Å². The number of rotatable bonds is 5. The number of aliphatic hydroxyl groups is 1. The van der Waals surface area contributed by atoms with Gasteiger partial charge >= 0.3 is 0 Å². The van der Waals surface area contributed by atoms with E-state index in [2.05, 4.69) is 0 Å². The first-order valence-electron chi connectivity index (χ1n) is 11.3. The zero-order chi connectivity index (χ0) is 23.8. The maximum absolute atomic E-state index is 13.2. The molecule has 1 amide bonds. The number of ketones is 1. The van der Waals surface area contributed by atoms with Crippen LogP contribution in [0.5, 0.6) is 5.75 Å². The van der Waals surface area contributed by atoms with Crippen LogP contribution in [0, 0.1) is 6.92 Å². The molecular weight excluding hydrogens is 470 g/mol. The molecule has 0 aliphatic carbocycles. The highest BCUT2D eigenvalue weighted by Crippen LogP contribution is 2.43. The van der Waals surface area contributed by atoms with Crippen molar-refractivity contribution >= 4 is 40.4 Å². The number of amides is 1. The third kappa shape index (κ3) is 4.12. The molecule has 1 unspecified atom stereocenters. The minimum absolute atomic E-state index is 0.140. The van der Waals surface area contributed by atoms with E-state index in [4.69, 9.17) is 16.3 Å². The van der Waals surface area contributed by atoms with Crippen molar-refractivity contribution in [3.63, 3.8) is 0 Å². The minimum Gasteiger partial charge on any atom is -0.507 e. The van der Waals surface area contributed by atoms with Crippen LogP contribution in [0.1, 0.15) is 39.6 Å². The molecule has 0 bridgehead atoms. The molecule has 34 heavy (non-hydrogen) atoms. The van der Waals surface area contributed by atoms with Crippen LogP contribution in [-0.2, 0) is 22.4 Å². The Hall–Kier alpha value is -3.09. The van der Waals surface area contributed by atoms with Gasteiger partial charge in [-0.05, 0) is 84.7 Å². The summed E-state index contributed by atoms with van der Waals surface area (Å²) in [6.45, 7) is 2.99. The second kappa shape index (κ2) is 9.28. The summed E-state index contributed by atoms with van der Waals surface area (Å²) < 4.78 is 5.68. The standard InChI is InChI=1S/C27H24ClNO4S/c1-16-11-14-34-26(16)23-22(24(30)19-6-9-21-18(15-19)3-2-13-33-21)25(31)27(32)29(23)12-10-17-4-7-20(28)8-5-17/h4-9,11,14-15,23,30H,2-3,10,12-13H2,1H3/b24-22-. The number of aryl methyl sites for hydroxylation is 2. The average molecular weight is 494 g/mol. The molecule has 1 aromatic heterocycles. The predicted molar refractivity (Wildman–Crippen MR) is 133 cm³/mol. The normalized spacial score (nSPS) is 19.2. The van der Waals surface area contributed by atoms with E-state index in [0.717, 1.165) is 40.2 Å². The fourth-order valence-corrected chi connectivity index (χ4v) is 5.78. The first-order valence-corrected chi connectivity index (χ1v) is 12.5. The molecule has 1 fully saturated rings. The van der Waals surface area contributed by atoms with Crippen LogP contribution in [0.15, 0.2) is 59.5 Å². The number of carbonyl (C=O) groups excluding carboxylic acids is 2. The minimum atomic E-state index is -0.652. The summed E-state index contributed by atoms with van der Waals surface area (Å²) in [7, 11) is 0. The number of hydrogen-bond donors (Lipinski definition) is 1. The van der Waals surface area contributed by atoms with E-state index in [9.17, 15) is 14.7 Å². The number of carbonyl (C=O) groups is 2. The van der Waals surface area contributed by atoms with E-state index < -0.39 is 17.7 Å². The molecule has 7 heteroatoms. The van der Waals surface area contributed by atoms with Crippen LogP contribution >= 0.6 is 22.9 Å². The number of ether oxygens (including phenoxy) is 1. The number of nitrogens with zero attached hydrogens (tertiary/aromatic N) is 1. The molecule has 2 aromatic carbocycles. The fourth-order valence-electron chi connectivity index (χ4n) is 4.61. The summed E-state index contributed by atoms with van der Waals surface area (Å²) in [5, 5.41) is 13.9. The number of thiophene rings is 1. The number of Topliss-reactive ketones (excluding diaryl/α,β-unsaturated/α-hetero) is 1. The topological polar surface area (TPSA) is 66.8 Å². The summed E-state index contributed by atoms with van der Waals surface area (Å²) in [5.41, 5.74) is 3.67. The van der Waals surface area contributed by atoms with E-state index in [1.807, 2.05) is 54.8 Å². The maximum Gasteiger partial charge on any atom is 0.295 e. The van der Waals surface area contributed by atoms with Gasteiger partial charge in [-0.2, -0.15) is 0 Å². The molecule has 174 valence electrons. The van der Waals surface area contributed by atoms with Crippen molar-refractivity contribution in [1.82, 2.24) is 4.90 Å². The molecule has 1 N–H and O–H groups in total. The van der Waals surface area contributed by atoms with E-state index in [-0.39, 0.29) is 11.3 Å². The lowest BCUT2D eigenvalue weighted by Crippen LogP contribution is -2.31. The summed E-state index contributed by atoms with van der Waals surface area (Å²) in [6.07, 6.45) is 2.32. The Morgan fingerprint density at radius 3 is 2.71 bits per heavy atom. The van der Waals surface area contributed by atoms with Crippen LogP contribution < -0.4 is 4.74 Å². The molecule has 3 heterocycles. The van der Waals surface area contributed by atoms with Crippen molar-refractivity contribution < 1.29 is 19.4 Å². The van der Waals surface area contributed by atoms with Gasteiger partial charge in [-0.15, -0.1) is 11.3 Å². The van der Waals surface area contributed by atoms with Gasteiger partial charge in [-0.3, -0.25) is 9.59 Å². The van der Waals surface area contributed by atoms with Crippen LogP contribution in [0.3, 0.4) is 0 Å².